The van der Waals surface area contributed by atoms with E-state index in [0.717, 1.165) is 25.1 Å². The van der Waals surface area contributed by atoms with Gasteiger partial charge in [-0.05, 0) is 24.9 Å². The van der Waals surface area contributed by atoms with Gasteiger partial charge in [-0.15, -0.1) is 12.4 Å². The van der Waals surface area contributed by atoms with Crippen LogP contribution in [0.2, 0.25) is 0 Å². The van der Waals surface area contributed by atoms with Crippen molar-refractivity contribution in [1.29, 1.82) is 0 Å². The zero-order chi connectivity index (χ0) is 13.3. The Morgan fingerprint density at radius 3 is 2.85 bits per heavy atom. The highest BCUT2D eigenvalue weighted by molar-refractivity contribution is 5.85. The van der Waals surface area contributed by atoms with Crippen LogP contribution in [0.1, 0.15) is 24.8 Å². The fourth-order valence-electron chi connectivity index (χ4n) is 2.19. The number of rotatable bonds is 7. The van der Waals surface area contributed by atoms with Gasteiger partial charge in [-0.25, -0.2) is 0 Å². The van der Waals surface area contributed by atoms with Crippen LogP contribution in [0.5, 0.6) is 0 Å². The molecule has 0 aromatic heterocycles. The van der Waals surface area contributed by atoms with E-state index in [9.17, 15) is 4.79 Å². The molecule has 0 spiro atoms. The van der Waals surface area contributed by atoms with Crippen molar-refractivity contribution in [2.45, 2.75) is 31.9 Å². The molecule has 1 aromatic carbocycles. The van der Waals surface area contributed by atoms with Gasteiger partial charge in [0.15, 0.2) is 0 Å². The second-order valence-corrected chi connectivity index (χ2v) is 4.89. The quantitative estimate of drug-likeness (QED) is 0.756. The molecule has 0 bridgehead atoms. The third kappa shape index (κ3) is 6.37. The smallest absolute Gasteiger partial charge is 0.222 e. The summed E-state index contributed by atoms with van der Waals surface area (Å²) in [6.07, 6.45) is 2.80. The summed E-state index contributed by atoms with van der Waals surface area (Å²) in [4.78, 5) is 11.6. The van der Waals surface area contributed by atoms with E-state index in [2.05, 4.69) is 10.6 Å². The molecule has 20 heavy (non-hydrogen) atoms. The number of carbonyl (C=O) groups is 1. The van der Waals surface area contributed by atoms with Gasteiger partial charge in [0.05, 0.1) is 13.2 Å². The predicted octanol–water partition coefficient (Wildman–Crippen LogP) is 1.88. The maximum Gasteiger partial charge on any atom is 0.222 e. The van der Waals surface area contributed by atoms with Crippen molar-refractivity contribution >= 4 is 18.3 Å². The summed E-state index contributed by atoms with van der Waals surface area (Å²) in [5, 5.41) is 6.30. The molecule has 5 heteroatoms. The van der Waals surface area contributed by atoms with Crippen LogP contribution in [0.3, 0.4) is 0 Å². The topological polar surface area (TPSA) is 50.4 Å². The van der Waals surface area contributed by atoms with Crippen LogP contribution in [-0.2, 0) is 16.1 Å². The van der Waals surface area contributed by atoms with Crippen molar-refractivity contribution in [2.24, 2.45) is 0 Å². The van der Waals surface area contributed by atoms with E-state index in [-0.39, 0.29) is 18.3 Å². The summed E-state index contributed by atoms with van der Waals surface area (Å²) < 4.78 is 5.49. The van der Waals surface area contributed by atoms with Gasteiger partial charge in [-0.2, -0.15) is 0 Å². The van der Waals surface area contributed by atoms with Gasteiger partial charge in [-0.3, -0.25) is 4.79 Å². The van der Waals surface area contributed by atoms with Crippen molar-refractivity contribution in [1.82, 2.24) is 10.6 Å². The van der Waals surface area contributed by atoms with Crippen molar-refractivity contribution in [3.05, 3.63) is 35.9 Å². The number of hydrogen-bond acceptors (Lipinski definition) is 3. The van der Waals surface area contributed by atoms with Gasteiger partial charge in [0.1, 0.15) is 0 Å². The van der Waals surface area contributed by atoms with Crippen LogP contribution in [0, 0.1) is 0 Å². The van der Waals surface area contributed by atoms with Gasteiger partial charge in [-0.1, -0.05) is 30.3 Å². The molecule has 0 saturated carbocycles. The number of nitrogens with one attached hydrogen (secondary N) is 2. The number of ether oxygens (including phenoxy) is 1. The molecular formula is C15H23ClN2O2. The van der Waals surface area contributed by atoms with Gasteiger partial charge in [0, 0.05) is 19.0 Å². The Morgan fingerprint density at radius 2 is 2.15 bits per heavy atom. The number of amides is 1. The van der Waals surface area contributed by atoms with E-state index in [1.807, 2.05) is 30.3 Å². The Morgan fingerprint density at radius 1 is 1.35 bits per heavy atom. The first-order valence-electron chi connectivity index (χ1n) is 6.96. The van der Waals surface area contributed by atoms with Crippen LogP contribution in [-0.4, -0.2) is 31.6 Å². The molecule has 0 aliphatic carbocycles. The molecule has 0 radical (unpaired) electrons. The van der Waals surface area contributed by atoms with Gasteiger partial charge < -0.3 is 15.4 Å². The minimum atomic E-state index is 0. The number of benzene rings is 1. The first kappa shape index (κ1) is 17.0. The number of carbonyl (C=O) groups excluding carboxylic acids is 1. The fourth-order valence-corrected chi connectivity index (χ4v) is 2.19. The van der Waals surface area contributed by atoms with E-state index in [1.54, 1.807) is 0 Å². The molecule has 2 N–H and O–H groups in total. The Hall–Kier alpha value is -1.10. The van der Waals surface area contributed by atoms with E-state index in [1.165, 1.54) is 6.42 Å². The highest BCUT2D eigenvalue weighted by Gasteiger charge is 2.14. The Bertz CT molecular complexity index is 381. The molecule has 1 aliphatic heterocycles. The highest BCUT2D eigenvalue weighted by atomic mass is 35.5. The summed E-state index contributed by atoms with van der Waals surface area (Å²) in [6.45, 7) is 2.84. The summed E-state index contributed by atoms with van der Waals surface area (Å²) in [6, 6.07) is 10.4. The molecule has 1 fully saturated rings. The lowest BCUT2D eigenvalue weighted by atomic mass is 10.2. The molecule has 1 saturated heterocycles. The van der Waals surface area contributed by atoms with Gasteiger partial charge in [0.25, 0.3) is 0 Å². The lowest BCUT2D eigenvalue weighted by molar-refractivity contribution is -0.122. The van der Waals surface area contributed by atoms with Gasteiger partial charge in [0.2, 0.25) is 5.91 Å². The number of hydrogen-bond donors (Lipinski definition) is 2. The second kappa shape index (κ2) is 9.75. The summed E-state index contributed by atoms with van der Waals surface area (Å²) >= 11 is 0. The minimum absolute atomic E-state index is 0. The average molecular weight is 299 g/mol. The third-order valence-corrected chi connectivity index (χ3v) is 3.29. The zero-order valence-corrected chi connectivity index (χ0v) is 12.5. The van der Waals surface area contributed by atoms with E-state index >= 15 is 0 Å². The first-order valence-corrected chi connectivity index (χ1v) is 6.96. The standard InChI is InChI=1S/C15H22N2O2.ClH/c18-15(17-11-14-7-4-9-16-14)8-10-19-12-13-5-2-1-3-6-13;/h1-3,5-6,14,16H,4,7-12H2,(H,17,18);1H. The SMILES string of the molecule is Cl.O=C(CCOCc1ccccc1)NCC1CCCN1. The van der Waals surface area contributed by atoms with Crippen LogP contribution < -0.4 is 10.6 Å². The van der Waals surface area contributed by atoms with Crippen LogP contribution in [0.15, 0.2) is 30.3 Å². The molecule has 112 valence electrons. The molecule has 1 aliphatic rings. The Balaban J connectivity index is 0.00000200. The van der Waals surface area contributed by atoms with Crippen molar-refractivity contribution in [3.63, 3.8) is 0 Å². The van der Waals surface area contributed by atoms with Crippen molar-refractivity contribution in [3.8, 4) is 0 Å². The Labute approximate surface area is 126 Å². The third-order valence-electron chi connectivity index (χ3n) is 3.29. The van der Waals surface area contributed by atoms with Crippen LogP contribution in [0.4, 0.5) is 0 Å². The fraction of sp³-hybridized carbons (Fsp3) is 0.533. The molecule has 4 nitrogen and oxygen atoms in total. The van der Waals surface area contributed by atoms with Gasteiger partial charge >= 0.3 is 0 Å². The lowest BCUT2D eigenvalue weighted by Gasteiger charge is -2.11. The lowest BCUT2D eigenvalue weighted by Crippen LogP contribution is -2.37. The van der Waals surface area contributed by atoms with E-state index in [0.29, 0.717) is 25.7 Å². The molecule has 1 aromatic rings. The van der Waals surface area contributed by atoms with Crippen molar-refractivity contribution in [2.75, 3.05) is 19.7 Å². The molecule has 1 amide bonds. The molecule has 1 heterocycles. The van der Waals surface area contributed by atoms with E-state index in [4.69, 9.17) is 4.74 Å². The predicted molar refractivity (Wildman–Crippen MR) is 82.0 cm³/mol. The monoisotopic (exact) mass is 298 g/mol. The van der Waals surface area contributed by atoms with Crippen molar-refractivity contribution < 1.29 is 9.53 Å². The molecule has 1 atom stereocenters. The summed E-state index contributed by atoms with van der Waals surface area (Å²) in [5.41, 5.74) is 1.14. The maximum absolute atomic E-state index is 11.6. The minimum Gasteiger partial charge on any atom is -0.376 e. The average Bonchev–Trinajstić information content (AvgIpc) is 2.96. The molecule has 1 unspecified atom stereocenters. The largest absolute Gasteiger partial charge is 0.376 e. The maximum atomic E-state index is 11.6. The second-order valence-electron chi connectivity index (χ2n) is 4.89. The van der Waals surface area contributed by atoms with E-state index < -0.39 is 0 Å². The van der Waals surface area contributed by atoms with Crippen LogP contribution in [0.25, 0.3) is 0 Å². The highest BCUT2D eigenvalue weighted by Crippen LogP contribution is 2.03. The normalized spacial score (nSPS) is 17.5. The molecular weight excluding hydrogens is 276 g/mol. The Kier molecular flexibility index (Phi) is 8.26. The first-order chi connectivity index (χ1) is 9.34. The molecule has 2 rings (SSSR count). The number of halogens is 1. The summed E-state index contributed by atoms with van der Waals surface area (Å²) in [7, 11) is 0. The zero-order valence-electron chi connectivity index (χ0n) is 11.6. The summed E-state index contributed by atoms with van der Waals surface area (Å²) in [5.74, 6) is 0.0711. The van der Waals surface area contributed by atoms with Crippen LogP contribution >= 0.6 is 12.4 Å².